The zero-order chi connectivity index (χ0) is 19.2. The van der Waals surface area contributed by atoms with E-state index in [0.717, 1.165) is 0 Å². The van der Waals surface area contributed by atoms with Crippen LogP contribution in [0.25, 0.3) is 0 Å². The highest BCUT2D eigenvalue weighted by molar-refractivity contribution is 8.03. The Bertz CT molecular complexity index is 753. The first-order valence-corrected chi connectivity index (χ1v) is 10.7. The number of nitrogens with zero attached hydrogens (tertiary/aromatic N) is 1. The Kier molecular flexibility index (Phi) is 5.34. The van der Waals surface area contributed by atoms with E-state index in [1.807, 2.05) is 0 Å². The van der Waals surface area contributed by atoms with E-state index in [-0.39, 0.29) is 35.5 Å². The highest BCUT2D eigenvalue weighted by Crippen LogP contribution is 2.48. The number of nitrogens with one attached hydrogen (secondary N) is 2. The van der Waals surface area contributed by atoms with E-state index in [9.17, 15) is 28.2 Å². The minimum Gasteiger partial charge on any atom is -0.477 e. The van der Waals surface area contributed by atoms with Crippen LogP contribution in [0.2, 0.25) is 0 Å². The maximum Gasteiger partial charge on any atom is 0.353 e. The third kappa shape index (κ3) is 3.75. The number of nitrogens with two attached hydrogens (primary N) is 1. The summed E-state index contributed by atoms with van der Waals surface area (Å²) in [5, 5.41) is 27.4. The predicted molar refractivity (Wildman–Crippen MR) is 94.0 cm³/mol. The molecule has 2 saturated heterocycles. The van der Waals surface area contributed by atoms with Crippen LogP contribution in [-0.4, -0.2) is 71.9 Å². The zero-order valence-electron chi connectivity index (χ0n) is 14.1. The van der Waals surface area contributed by atoms with Gasteiger partial charge in [0.25, 0.3) is 10.2 Å². The molecule has 2 fully saturated rings. The lowest BCUT2D eigenvalue weighted by molar-refractivity contribution is -0.161. The van der Waals surface area contributed by atoms with E-state index in [0.29, 0.717) is 24.3 Å². The Hall–Kier alpha value is -1.18. The normalized spacial score (nSPS) is 32.6. The van der Waals surface area contributed by atoms with Crippen LogP contribution in [0.3, 0.4) is 0 Å². The number of carbonyl (C=O) groups is 2. The van der Waals surface area contributed by atoms with Crippen molar-refractivity contribution in [1.82, 2.24) is 14.9 Å². The number of fused-ring (bicyclic) bond motifs is 1. The summed E-state index contributed by atoms with van der Waals surface area (Å²) in [7, 11) is -3.75. The fraction of sp³-hybridized carbons (Fsp3) is 0.714. The Labute approximate surface area is 155 Å². The van der Waals surface area contributed by atoms with E-state index in [2.05, 4.69) is 10.0 Å². The monoisotopic (exact) mass is 406 g/mol. The number of amides is 1. The molecule has 1 amide bonds. The van der Waals surface area contributed by atoms with Crippen LogP contribution in [0.15, 0.2) is 10.6 Å². The van der Waals surface area contributed by atoms with Crippen molar-refractivity contribution in [3.8, 4) is 0 Å². The van der Waals surface area contributed by atoms with Gasteiger partial charge in [-0.3, -0.25) is 4.79 Å². The lowest BCUT2D eigenvalue weighted by Crippen LogP contribution is -2.61. The Morgan fingerprint density at radius 2 is 2.23 bits per heavy atom. The molecule has 0 bridgehead atoms. The summed E-state index contributed by atoms with van der Waals surface area (Å²) < 4.78 is 24.2. The molecule has 0 aromatic heterocycles. The number of aliphatic hydroxyl groups is 1. The molecule has 0 aliphatic carbocycles. The van der Waals surface area contributed by atoms with Gasteiger partial charge < -0.3 is 20.4 Å². The van der Waals surface area contributed by atoms with Gasteiger partial charge in [0.1, 0.15) is 5.70 Å². The maximum absolute atomic E-state index is 12.2. The molecule has 0 saturated carbocycles. The second kappa shape index (κ2) is 7.09. The molecule has 3 heterocycles. The smallest absolute Gasteiger partial charge is 0.353 e. The average molecular weight is 406 g/mol. The number of carboxylic acid groups (broad SMARTS) is 1. The third-order valence-corrected chi connectivity index (χ3v) is 6.82. The largest absolute Gasteiger partial charge is 0.477 e. The van der Waals surface area contributed by atoms with Crippen molar-refractivity contribution in [2.45, 2.75) is 43.2 Å². The van der Waals surface area contributed by atoms with Gasteiger partial charge in [-0.2, -0.15) is 8.42 Å². The number of hydrogen-bond acceptors (Lipinski definition) is 7. The number of carbonyl (C=O) groups excluding carboxylic acids is 1. The van der Waals surface area contributed by atoms with Gasteiger partial charge in [0.15, 0.2) is 0 Å². The molecule has 0 aromatic carbocycles. The second-order valence-electron chi connectivity index (χ2n) is 6.80. The van der Waals surface area contributed by atoms with Gasteiger partial charge in [-0.05, 0) is 13.3 Å². The Balaban J connectivity index is 1.65. The van der Waals surface area contributed by atoms with Gasteiger partial charge in [0.2, 0.25) is 5.91 Å². The van der Waals surface area contributed by atoms with Gasteiger partial charge >= 0.3 is 5.97 Å². The van der Waals surface area contributed by atoms with Gasteiger partial charge in [-0.15, -0.1) is 11.8 Å². The minimum absolute atomic E-state index is 0.00742. The van der Waals surface area contributed by atoms with Crippen molar-refractivity contribution < 1.29 is 28.2 Å². The van der Waals surface area contributed by atoms with Gasteiger partial charge in [-0.1, -0.05) is 0 Å². The number of β-lactam (4-membered cyclic amide) rings is 1. The van der Waals surface area contributed by atoms with Crippen molar-refractivity contribution in [3.63, 3.8) is 0 Å². The van der Waals surface area contributed by atoms with Crippen molar-refractivity contribution >= 4 is 33.8 Å². The molecule has 26 heavy (non-hydrogen) atoms. The molecular formula is C14H22N4O6S2. The summed E-state index contributed by atoms with van der Waals surface area (Å²) in [6.45, 7) is 2.30. The van der Waals surface area contributed by atoms with Crippen LogP contribution in [0.5, 0.6) is 0 Å². The van der Waals surface area contributed by atoms with Crippen LogP contribution >= 0.6 is 11.8 Å². The number of thioether (sulfide) groups is 1. The summed E-state index contributed by atoms with van der Waals surface area (Å²) in [5.41, 5.74) is 0.00742. The molecule has 0 spiro atoms. The van der Waals surface area contributed by atoms with Crippen LogP contribution in [0.4, 0.5) is 0 Å². The van der Waals surface area contributed by atoms with Crippen LogP contribution in [0, 0.1) is 5.92 Å². The van der Waals surface area contributed by atoms with E-state index < -0.39 is 28.2 Å². The number of hydrogen-bond donors (Lipinski definition) is 5. The number of carboxylic acids is 1. The molecule has 0 aromatic rings. The minimum atomic E-state index is -3.75. The van der Waals surface area contributed by atoms with E-state index in [4.69, 9.17) is 5.14 Å². The summed E-state index contributed by atoms with van der Waals surface area (Å²) in [6, 6.07) is -0.393. The SMILES string of the molecule is C[C@H](O)[C@@H]1C(=O)N2C(C(=O)O)=C(S[C@@H]3CN[C@H](CNS(N)(=O)=O)C3)C[C@@H]12. The van der Waals surface area contributed by atoms with Crippen molar-refractivity contribution in [3.05, 3.63) is 10.6 Å². The number of rotatable bonds is 7. The lowest BCUT2D eigenvalue weighted by Gasteiger charge is -2.44. The van der Waals surface area contributed by atoms with E-state index in [1.54, 1.807) is 0 Å². The summed E-state index contributed by atoms with van der Waals surface area (Å²) >= 11 is 1.40. The fourth-order valence-corrected chi connectivity index (χ4v) is 5.69. The molecule has 3 rings (SSSR count). The molecule has 146 valence electrons. The first-order valence-electron chi connectivity index (χ1n) is 8.23. The standard InChI is InChI=1S/C14H22N4O6S2/c1-6(19)11-9-3-10(12(14(21)22)18(9)13(11)20)25-8-2-7(16-5-8)4-17-26(15,23)24/h6-9,11,16-17,19H,2-5H2,1H3,(H,21,22)(H2,15,23,24)/t6-,7-,8-,9-,11-/m0/s1. The maximum atomic E-state index is 12.2. The molecule has 0 radical (unpaired) electrons. The zero-order valence-corrected chi connectivity index (χ0v) is 15.7. The molecular weight excluding hydrogens is 384 g/mol. The van der Waals surface area contributed by atoms with Crippen LogP contribution in [0.1, 0.15) is 19.8 Å². The van der Waals surface area contributed by atoms with Crippen LogP contribution in [-0.2, 0) is 19.8 Å². The Morgan fingerprint density at radius 1 is 1.54 bits per heavy atom. The topological polar surface area (TPSA) is 162 Å². The second-order valence-corrected chi connectivity index (χ2v) is 9.57. The fourth-order valence-electron chi connectivity index (χ4n) is 3.78. The molecule has 0 unspecified atom stereocenters. The molecule has 6 N–H and O–H groups in total. The summed E-state index contributed by atoms with van der Waals surface area (Å²) in [6.07, 6.45) is 0.247. The average Bonchev–Trinajstić information content (AvgIpc) is 3.07. The van der Waals surface area contributed by atoms with Crippen molar-refractivity contribution in [2.75, 3.05) is 13.1 Å². The lowest BCUT2D eigenvalue weighted by atomic mass is 9.83. The summed E-state index contributed by atoms with van der Waals surface area (Å²) in [4.78, 5) is 25.7. The van der Waals surface area contributed by atoms with Gasteiger partial charge in [0.05, 0.1) is 18.1 Å². The highest BCUT2D eigenvalue weighted by Gasteiger charge is 2.57. The molecule has 3 aliphatic heterocycles. The quantitative estimate of drug-likeness (QED) is 0.308. The third-order valence-electron chi connectivity index (χ3n) is 4.91. The first-order chi connectivity index (χ1) is 12.1. The molecule has 3 aliphatic rings. The predicted octanol–water partition coefficient (Wildman–Crippen LogP) is -1.85. The molecule has 5 atom stereocenters. The summed E-state index contributed by atoms with van der Waals surface area (Å²) in [5.74, 6) is -2.06. The van der Waals surface area contributed by atoms with Gasteiger partial charge in [0, 0.05) is 35.7 Å². The van der Waals surface area contributed by atoms with Crippen molar-refractivity contribution in [1.29, 1.82) is 0 Å². The van der Waals surface area contributed by atoms with E-state index in [1.165, 1.54) is 23.6 Å². The van der Waals surface area contributed by atoms with Crippen LogP contribution < -0.4 is 15.2 Å². The van der Waals surface area contributed by atoms with Gasteiger partial charge in [-0.25, -0.2) is 14.7 Å². The highest BCUT2D eigenvalue weighted by atomic mass is 32.2. The molecule has 10 nitrogen and oxygen atoms in total. The first kappa shape index (κ1) is 19.6. The Morgan fingerprint density at radius 3 is 2.81 bits per heavy atom. The van der Waals surface area contributed by atoms with Crippen molar-refractivity contribution in [2.24, 2.45) is 11.1 Å². The molecule has 12 heteroatoms. The number of aliphatic carboxylic acids is 1. The number of aliphatic hydroxyl groups excluding tert-OH is 1. The van der Waals surface area contributed by atoms with E-state index >= 15 is 0 Å².